The number of hydrazone groups is 1. The summed E-state index contributed by atoms with van der Waals surface area (Å²) in [6.07, 6.45) is 10.9. The molecule has 1 aromatic rings. The third-order valence-corrected chi connectivity index (χ3v) is 4.99. The Kier molecular flexibility index (Phi) is 5.32. The Morgan fingerprint density at radius 2 is 1.83 bits per heavy atom. The van der Waals surface area contributed by atoms with Gasteiger partial charge in [0.25, 0.3) is 0 Å². The van der Waals surface area contributed by atoms with Crippen LogP contribution in [0.4, 0.5) is 0 Å². The summed E-state index contributed by atoms with van der Waals surface area (Å²) in [5.41, 5.74) is 10.3. The Balaban J connectivity index is 1.75. The molecule has 1 fully saturated rings. The van der Waals surface area contributed by atoms with Crippen molar-refractivity contribution >= 4 is 5.71 Å². The number of benzene rings is 1. The molecule has 1 aromatic carbocycles. The van der Waals surface area contributed by atoms with Gasteiger partial charge >= 0.3 is 0 Å². The largest absolute Gasteiger partial charge is 0.307 e. The first-order valence-corrected chi connectivity index (χ1v) is 8.95. The minimum absolute atomic E-state index is 0.556. The predicted octanol–water partition coefficient (Wildman–Crippen LogP) is 5.37. The summed E-state index contributed by atoms with van der Waals surface area (Å²) in [6.45, 7) is 4.44. The van der Waals surface area contributed by atoms with Crippen molar-refractivity contribution < 1.29 is 0 Å². The number of hydrogen-bond acceptors (Lipinski definition) is 2. The second kappa shape index (κ2) is 7.63. The van der Waals surface area contributed by atoms with Gasteiger partial charge in [-0.25, -0.2) is 0 Å². The van der Waals surface area contributed by atoms with Crippen molar-refractivity contribution in [2.45, 2.75) is 64.8 Å². The van der Waals surface area contributed by atoms with Gasteiger partial charge in [-0.3, -0.25) is 0 Å². The molecule has 0 radical (unpaired) electrons. The molecule has 23 heavy (non-hydrogen) atoms. The van der Waals surface area contributed by atoms with Crippen LogP contribution in [0.2, 0.25) is 0 Å². The van der Waals surface area contributed by atoms with Crippen LogP contribution < -0.4 is 5.43 Å². The van der Waals surface area contributed by atoms with Crippen LogP contribution >= 0.6 is 0 Å². The fourth-order valence-corrected chi connectivity index (χ4v) is 3.64. The average molecular weight is 308 g/mol. The van der Waals surface area contributed by atoms with Crippen molar-refractivity contribution in [1.29, 1.82) is 0 Å². The molecule has 0 heterocycles. The number of nitrogens with zero attached hydrogens (tertiary/aromatic N) is 1. The first kappa shape index (κ1) is 16.0. The van der Waals surface area contributed by atoms with Gasteiger partial charge < -0.3 is 5.43 Å². The van der Waals surface area contributed by atoms with Gasteiger partial charge in [0.15, 0.2) is 0 Å². The summed E-state index contributed by atoms with van der Waals surface area (Å²) in [5, 5.41) is 4.85. The zero-order valence-corrected chi connectivity index (χ0v) is 14.4. The molecule has 0 spiro atoms. The highest BCUT2D eigenvalue weighted by Gasteiger charge is 2.16. The quantitative estimate of drug-likeness (QED) is 0.574. The van der Waals surface area contributed by atoms with Crippen molar-refractivity contribution in [2.24, 2.45) is 5.10 Å². The summed E-state index contributed by atoms with van der Waals surface area (Å²) in [7, 11) is 0. The van der Waals surface area contributed by atoms with Gasteiger partial charge in [-0.1, -0.05) is 72.4 Å². The molecule has 3 rings (SSSR count). The van der Waals surface area contributed by atoms with Crippen LogP contribution in [0, 0.1) is 0 Å². The van der Waals surface area contributed by atoms with Gasteiger partial charge in [0.1, 0.15) is 0 Å². The van der Waals surface area contributed by atoms with Crippen LogP contribution in [0.25, 0.3) is 0 Å². The summed E-state index contributed by atoms with van der Waals surface area (Å²) < 4.78 is 0. The van der Waals surface area contributed by atoms with E-state index in [9.17, 15) is 0 Å². The normalized spacial score (nSPS) is 19.9. The highest BCUT2D eigenvalue weighted by atomic mass is 15.3. The van der Waals surface area contributed by atoms with Gasteiger partial charge in [0.2, 0.25) is 0 Å². The molecule has 0 saturated heterocycles. The van der Waals surface area contributed by atoms with Crippen LogP contribution in [0.3, 0.4) is 0 Å². The minimum atomic E-state index is 0.556. The van der Waals surface area contributed by atoms with Gasteiger partial charge in [-0.05, 0) is 38.7 Å². The Hall–Kier alpha value is -1.83. The van der Waals surface area contributed by atoms with Crippen molar-refractivity contribution in [3.05, 3.63) is 58.7 Å². The Labute approximate surface area is 140 Å². The SMILES string of the molecule is CC1=CC(C)=C(CC(=NNC2CCCCC2)c2ccccc2)C1. The number of nitrogens with one attached hydrogen (secondary N) is 1. The highest BCUT2D eigenvalue weighted by Crippen LogP contribution is 2.28. The molecule has 122 valence electrons. The first-order chi connectivity index (χ1) is 11.2. The molecule has 1 N–H and O–H groups in total. The topological polar surface area (TPSA) is 24.4 Å². The van der Waals surface area contributed by atoms with E-state index in [-0.39, 0.29) is 0 Å². The van der Waals surface area contributed by atoms with E-state index in [4.69, 9.17) is 5.10 Å². The van der Waals surface area contributed by atoms with E-state index >= 15 is 0 Å². The Morgan fingerprint density at radius 3 is 2.48 bits per heavy atom. The summed E-state index contributed by atoms with van der Waals surface area (Å²) in [6, 6.07) is 11.2. The van der Waals surface area contributed by atoms with Crippen molar-refractivity contribution in [1.82, 2.24) is 5.43 Å². The second-order valence-corrected chi connectivity index (χ2v) is 7.02. The van der Waals surface area contributed by atoms with E-state index in [0.29, 0.717) is 6.04 Å². The monoisotopic (exact) mass is 308 g/mol. The van der Waals surface area contributed by atoms with E-state index < -0.39 is 0 Å². The van der Waals surface area contributed by atoms with Gasteiger partial charge in [0.05, 0.1) is 5.71 Å². The van der Waals surface area contributed by atoms with Gasteiger partial charge in [-0.15, -0.1) is 0 Å². The smallest absolute Gasteiger partial charge is 0.0715 e. The summed E-state index contributed by atoms with van der Waals surface area (Å²) in [5.74, 6) is 0. The second-order valence-electron chi connectivity index (χ2n) is 7.02. The van der Waals surface area contributed by atoms with Crippen molar-refractivity contribution in [2.75, 3.05) is 0 Å². The van der Waals surface area contributed by atoms with Crippen LogP contribution in [0.1, 0.15) is 64.4 Å². The molecular weight excluding hydrogens is 280 g/mol. The molecule has 0 aliphatic heterocycles. The lowest BCUT2D eigenvalue weighted by molar-refractivity contribution is 0.380. The van der Waals surface area contributed by atoms with Gasteiger partial charge in [-0.2, -0.15) is 5.10 Å². The zero-order chi connectivity index (χ0) is 16.1. The maximum Gasteiger partial charge on any atom is 0.0715 e. The lowest BCUT2D eigenvalue weighted by Gasteiger charge is -2.22. The molecule has 2 nitrogen and oxygen atoms in total. The lowest BCUT2D eigenvalue weighted by Crippen LogP contribution is -2.28. The average Bonchev–Trinajstić information content (AvgIpc) is 2.90. The number of rotatable bonds is 5. The van der Waals surface area contributed by atoms with Crippen LogP contribution in [-0.2, 0) is 0 Å². The number of hydrogen-bond donors (Lipinski definition) is 1. The molecule has 2 aliphatic rings. The van der Waals surface area contributed by atoms with E-state index in [2.05, 4.69) is 55.7 Å². The van der Waals surface area contributed by atoms with E-state index in [1.54, 1.807) is 0 Å². The molecular formula is C21H28N2. The molecule has 0 atom stereocenters. The van der Waals surface area contributed by atoms with Crippen LogP contribution in [-0.4, -0.2) is 11.8 Å². The summed E-state index contributed by atoms with van der Waals surface area (Å²) >= 11 is 0. The van der Waals surface area contributed by atoms with Crippen molar-refractivity contribution in [3.63, 3.8) is 0 Å². The third kappa shape index (κ3) is 4.34. The fraction of sp³-hybridized carbons (Fsp3) is 0.476. The maximum absolute atomic E-state index is 4.85. The predicted molar refractivity (Wildman–Crippen MR) is 98.7 cm³/mol. The fourth-order valence-electron chi connectivity index (χ4n) is 3.64. The lowest BCUT2D eigenvalue weighted by atomic mass is 9.96. The maximum atomic E-state index is 4.85. The molecule has 0 amide bonds. The summed E-state index contributed by atoms with van der Waals surface area (Å²) in [4.78, 5) is 0. The van der Waals surface area contributed by atoms with Crippen LogP contribution in [0.5, 0.6) is 0 Å². The van der Waals surface area contributed by atoms with Crippen molar-refractivity contribution in [3.8, 4) is 0 Å². The Bertz CT molecular complexity index is 617. The highest BCUT2D eigenvalue weighted by molar-refractivity contribution is 6.02. The van der Waals surface area contributed by atoms with E-state index in [1.165, 1.54) is 60.1 Å². The van der Waals surface area contributed by atoms with Gasteiger partial charge in [0, 0.05) is 12.5 Å². The molecule has 0 aromatic heterocycles. The standard InChI is InChI=1S/C21H28N2/c1-16-13-17(2)19(14-16)15-21(18-9-5-3-6-10-18)23-22-20-11-7-4-8-12-20/h3,5-6,9-10,13,20,22H,4,7-8,11-12,14-15H2,1-2H3. The first-order valence-electron chi connectivity index (χ1n) is 8.95. The van der Waals surface area contributed by atoms with E-state index in [1.807, 2.05) is 0 Å². The number of allylic oxidation sites excluding steroid dienone is 4. The Morgan fingerprint density at radius 1 is 1.09 bits per heavy atom. The molecule has 1 saturated carbocycles. The zero-order valence-electron chi connectivity index (χ0n) is 14.4. The minimum Gasteiger partial charge on any atom is -0.307 e. The molecule has 2 aliphatic carbocycles. The molecule has 0 unspecified atom stereocenters. The van der Waals surface area contributed by atoms with E-state index in [0.717, 1.165) is 12.8 Å². The molecule has 2 heteroatoms. The molecule has 0 bridgehead atoms. The third-order valence-electron chi connectivity index (χ3n) is 4.99. The van der Waals surface area contributed by atoms with Crippen LogP contribution in [0.15, 0.2) is 58.2 Å².